The molecule has 8 nitrogen and oxygen atoms in total. The van der Waals surface area contributed by atoms with Crippen LogP contribution in [0, 0.1) is 11.8 Å². The average Bonchev–Trinajstić information content (AvgIpc) is 4.32. The van der Waals surface area contributed by atoms with E-state index in [9.17, 15) is 0 Å². The summed E-state index contributed by atoms with van der Waals surface area (Å²) in [5.74, 6) is 3.61. The third-order valence-corrected chi connectivity index (χ3v) is 16.1. The highest BCUT2D eigenvalue weighted by atomic mass is 79.9. The monoisotopic (exact) mass is 1030 g/mol. The summed E-state index contributed by atoms with van der Waals surface area (Å²) >= 11 is 16.3. The third kappa shape index (κ3) is 12.0. The normalized spacial score (nSPS) is 18.1. The molecule has 4 aliphatic rings. The number of piperidine rings is 2. The van der Waals surface area contributed by atoms with Crippen molar-refractivity contribution in [2.45, 2.75) is 102 Å². The van der Waals surface area contributed by atoms with Gasteiger partial charge in [0.2, 0.25) is 0 Å². The van der Waals surface area contributed by atoms with Crippen LogP contribution in [0.5, 0.6) is 0 Å². The lowest BCUT2D eigenvalue weighted by molar-refractivity contribution is 0.0368. The highest BCUT2D eigenvalue weighted by Crippen LogP contribution is 2.40. The number of ether oxygens (including phenoxy) is 2. The smallest absolute Gasteiger partial charge is 0.136 e. The summed E-state index contributed by atoms with van der Waals surface area (Å²) in [6.07, 6.45) is 9.75. The Morgan fingerprint density at radius 2 is 1.09 bits per heavy atom. The van der Waals surface area contributed by atoms with E-state index >= 15 is 0 Å². The number of halogens is 3. The van der Waals surface area contributed by atoms with Gasteiger partial charge in [-0.15, -0.1) is 0 Å². The van der Waals surface area contributed by atoms with Crippen LogP contribution < -0.4 is 0 Å². The van der Waals surface area contributed by atoms with Gasteiger partial charge in [0.15, 0.2) is 0 Å². The molecule has 0 radical (unpaired) electrons. The maximum absolute atomic E-state index is 6.53. The van der Waals surface area contributed by atoms with Crippen molar-refractivity contribution in [2.75, 3.05) is 53.5 Å². The highest BCUT2D eigenvalue weighted by Gasteiger charge is 2.37. The van der Waals surface area contributed by atoms with E-state index in [1.807, 2.05) is 26.0 Å². The first-order valence-electron chi connectivity index (χ1n) is 25.4. The zero-order valence-corrected chi connectivity index (χ0v) is 44.1. The molecule has 5 aromatic carbocycles. The Balaban J connectivity index is 0.000000169. The van der Waals surface area contributed by atoms with E-state index < -0.39 is 0 Å². The molecule has 4 fully saturated rings. The summed E-state index contributed by atoms with van der Waals surface area (Å²) in [6, 6.07) is 40.3. The second kappa shape index (κ2) is 22.6. The Morgan fingerprint density at radius 3 is 1.59 bits per heavy atom. The van der Waals surface area contributed by atoms with Crippen LogP contribution in [0.4, 0.5) is 0 Å². The molecule has 7 aromatic rings. The van der Waals surface area contributed by atoms with E-state index in [1.54, 1.807) is 6.07 Å². The molecule has 2 aliphatic carbocycles. The molecule has 11 rings (SSSR count). The van der Waals surface area contributed by atoms with E-state index in [2.05, 4.69) is 146 Å². The van der Waals surface area contributed by atoms with E-state index in [0.717, 1.165) is 127 Å². The topological polar surface area (TPSA) is 60.6 Å². The van der Waals surface area contributed by atoms with Gasteiger partial charge in [0, 0.05) is 44.0 Å². The fraction of sp³-hybridized carbons (Fsp3) is 0.448. The quantitative estimate of drug-likeness (QED) is 0.102. The molecular formula is C58H69BrCl2N6O2. The molecule has 0 atom stereocenters. The van der Waals surface area contributed by atoms with Gasteiger partial charge in [0.1, 0.15) is 24.9 Å². The summed E-state index contributed by atoms with van der Waals surface area (Å²) in [5, 5.41) is 1.29. The lowest BCUT2D eigenvalue weighted by Gasteiger charge is -2.41. The van der Waals surface area contributed by atoms with E-state index in [-0.39, 0.29) is 10.8 Å². The van der Waals surface area contributed by atoms with Crippen LogP contribution >= 0.6 is 39.1 Å². The molecule has 2 aromatic heterocycles. The molecule has 4 heterocycles. The average molecular weight is 1030 g/mol. The molecule has 2 aliphatic heterocycles. The van der Waals surface area contributed by atoms with Crippen molar-refractivity contribution < 1.29 is 9.47 Å². The maximum atomic E-state index is 6.53. The zero-order valence-electron chi connectivity index (χ0n) is 41.0. The van der Waals surface area contributed by atoms with Crippen LogP contribution in [-0.2, 0) is 46.6 Å². The van der Waals surface area contributed by atoms with Gasteiger partial charge < -0.3 is 28.4 Å². The van der Waals surface area contributed by atoms with Crippen molar-refractivity contribution in [1.82, 2.24) is 28.9 Å². The molecule has 0 amide bonds. The van der Waals surface area contributed by atoms with Crippen molar-refractivity contribution in [3.63, 3.8) is 0 Å². The van der Waals surface area contributed by atoms with Crippen LogP contribution in [0.3, 0.4) is 0 Å². The van der Waals surface area contributed by atoms with Gasteiger partial charge in [-0.3, -0.25) is 0 Å². The third-order valence-electron chi connectivity index (χ3n) is 15.0. The van der Waals surface area contributed by atoms with Gasteiger partial charge in [-0.2, -0.15) is 0 Å². The summed E-state index contributed by atoms with van der Waals surface area (Å²) in [6.45, 7) is 13.0. The molecular weight excluding hydrogens is 963 g/mol. The summed E-state index contributed by atoms with van der Waals surface area (Å²) < 4.78 is 18.8. The Morgan fingerprint density at radius 1 is 0.580 bits per heavy atom. The second-order valence-corrected chi connectivity index (χ2v) is 21.8. The molecule has 0 N–H and O–H groups in total. The van der Waals surface area contributed by atoms with Crippen LogP contribution in [0.2, 0.25) is 10.0 Å². The fourth-order valence-electron chi connectivity index (χ4n) is 10.3. The van der Waals surface area contributed by atoms with Gasteiger partial charge >= 0.3 is 0 Å². The first kappa shape index (κ1) is 49.9. The minimum Gasteiger partial charge on any atom is -0.373 e. The molecule has 0 bridgehead atoms. The number of fused-ring (bicyclic) bond motifs is 2. The van der Waals surface area contributed by atoms with Crippen molar-refractivity contribution in [2.24, 2.45) is 11.8 Å². The molecule has 2 saturated heterocycles. The first-order valence-corrected chi connectivity index (χ1v) is 26.9. The standard InChI is InChI=1S/C31H33Cl2N3O.C25H30BrN3O.C2H6/c1-35-15-13-31(14-16-35,24-5-3-2-4-6-24)21-37-20-30-34-28-17-23(26-11-10-25(32)18-27(26)33)9-12-29(28)36(30)19-22-7-8-22;1-28-13-11-25(12-14-28,20-5-3-2-4-6-20)18-30-17-24-27-22-10-9-21(26)15-23(22)29(24)16-19-7-8-19;1-2/h2-6,9-12,17-18,22H,7-8,13-16,19-21H2,1H3;2-6,9-10,15,19H,7-8,11-14,16-18H2,1H3;1-2H3. The minimum absolute atomic E-state index is 0.0552. The Labute approximate surface area is 428 Å². The van der Waals surface area contributed by atoms with Crippen LogP contribution in [0.25, 0.3) is 33.2 Å². The SMILES string of the molecule is CC.CN1CCC(COCc2nc3cc(-c4ccc(Cl)cc4Cl)ccc3n2CC2CC2)(c2ccccc2)CC1.CN1CCC(COCc2nc3ccc(Br)cc3n2CC2CC2)(c2ccccc2)CC1. The number of rotatable bonds is 15. The maximum Gasteiger partial charge on any atom is 0.136 e. The van der Waals surface area contributed by atoms with Gasteiger partial charge in [-0.25, -0.2) is 9.97 Å². The first-order chi connectivity index (χ1) is 33.6. The van der Waals surface area contributed by atoms with Crippen molar-refractivity contribution in [3.8, 4) is 11.1 Å². The van der Waals surface area contributed by atoms with Crippen molar-refractivity contribution in [1.29, 1.82) is 0 Å². The van der Waals surface area contributed by atoms with Gasteiger partial charge in [-0.05, 0) is 163 Å². The molecule has 11 heteroatoms. The Kier molecular flexibility index (Phi) is 16.3. The zero-order chi connectivity index (χ0) is 48.0. The van der Waals surface area contributed by atoms with Crippen molar-refractivity contribution in [3.05, 3.63) is 153 Å². The molecule has 0 unspecified atom stereocenters. The molecule has 364 valence electrons. The number of hydrogen-bond acceptors (Lipinski definition) is 6. The summed E-state index contributed by atoms with van der Waals surface area (Å²) in [7, 11) is 4.43. The second-order valence-electron chi connectivity index (χ2n) is 20.0. The molecule has 2 saturated carbocycles. The number of imidazole rings is 2. The number of hydrogen-bond donors (Lipinski definition) is 0. The lowest BCUT2D eigenvalue weighted by Crippen LogP contribution is -2.43. The van der Waals surface area contributed by atoms with Gasteiger partial charge in [0.25, 0.3) is 0 Å². The minimum atomic E-state index is 0.0552. The number of aromatic nitrogens is 4. The summed E-state index contributed by atoms with van der Waals surface area (Å²) in [4.78, 5) is 14.9. The Hall–Kier alpha value is -4.06. The van der Waals surface area contributed by atoms with Gasteiger partial charge in [0.05, 0.1) is 35.3 Å². The van der Waals surface area contributed by atoms with Crippen molar-refractivity contribution >= 4 is 61.2 Å². The van der Waals surface area contributed by atoms with Crippen LogP contribution in [-0.4, -0.2) is 82.4 Å². The lowest BCUT2D eigenvalue weighted by atomic mass is 9.73. The van der Waals surface area contributed by atoms with E-state index in [1.165, 1.54) is 42.3 Å². The van der Waals surface area contributed by atoms with Gasteiger partial charge in [-0.1, -0.05) is 126 Å². The van der Waals surface area contributed by atoms with E-state index in [4.69, 9.17) is 42.6 Å². The van der Waals surface area contributed by atoms with E-state index in [0.29, 0.717) is 29.9 Å². The number of benzene rings is 5. The van der Waals surface area contributed by atoms with Crippen LogP contribution in [0.1, 0.15) is 88.0 Å². The Bertz CT molecular complexity index is 2770. The predicted molar refractivity (Wildman–Crippen MR) is 288 cm³/mol. The number of nitrogens with zero attached hydrogens (tertiary/aromatic N) is 6. The van der Waals surface area contributed by atoms with Crippen LogP contribution in [0.15, 0.2) is 120 Å². The molecule has 69 heavy (non-hydrogen) atoms. The molecule has 0 spiro atoms. The summed E-state index contributed by atoms with van der Waals surface area (Å²) in [5.41, 5.74) is 9.40. The number of likely N-dealkylation sites (tertiary alicyclic amines) is 2. The highest BCUT2D eigenvalue weighted by molar-refractivity contribution is 9.10. The predicted octanol–water partition coefficient (Wildman–Crippen LogP) is 14.0. The largest absolute Gasteiger partial charge is 0.373 e. The fourth-order valence-corrected chi connectivity index (χ4v) is 11.2.